The highest BCUT2D eigenvalue weighted by Gasteiger charge is 2.60. The molecule has 0 unspecified atom stereocenters. The van der Waals surface area contributed by atoms with Gasteiger partial charge in [-0.1, -0.05) is 6.07 Å². The second kappa shape index (κ2) is 4.58. The summed E-state index contributed by atoms with van der Waals surface area (Å²) in [5.41, 5.74) is 0.905. The third-order valence-corrected chi connectivity index (χ3v) is 4.16. The van der Waals surface area contributed by atoms with Crippen LogP contribution >= 0.6 is 0 Å². The molecule has 3 rings (SSSR count). The largest absolute Gasteiger partial charge is 0.468 e. The molecule has 6 heteroatoms. The van der Waals surface area contributed by atoms with Gasteiger partial charge >= 0.3 is 17.9 Å². The molecule has 0 saturated carbocycles. The van der Waals surface area contributed by atoms with Gasteiger partial charge in [-0.05, 0) is 29.7 Å². The molecule has 1 heterocycles. The van der Waals surface area contributed by atoms with Crippen molar-refractivity contribution < 1.29 is 28.6 Å². The lowest BCUT2D eigenvalue weighted by atomic mass is 9.81. The number of hydrogen-bond acceptors (Lipinski definition) is 6. The minimum Gasteiger partial charge on any atom is -0.468 e. The molecule has 21 heavy (non-hydrogen) atoms. The van der Waals surface area contributed by atoms with Crippen LogP contribution in [0.4, 0.5) is 0 Å². The highest BCUT2D eigenvalue weighted by Crippen LogP contribution is 2.55. The number of fused-ring (bicyclic) bond motifs is 3. The molecular formula is C15H14O6. The van der Waals surface area contributed by atoms with Crippen molar-refractivity contribution in [2.45, 2.75) is 18.9 Å². The Hall–Kier alpha value is -2.37. The Morgan fingerprint density at radius 2 is 2.00 bits per heavy atom. The Labute approximate surface area is 121 Å². The molecule has 1 fully saturated rings. The van der Waals surface area contributed by atoms with E-state index in [0.717, 1.165) is 5.56 Å². The van der Waals surface area contributed by atoms with Gasteiger partial charge in [0.1, 0.15) is 11.5 Å². The van der Waals surface area contributed by atoms with Crippen molar-refractivity contribution in [3.63, 3.8) is 0 Å². The number of hydrogen-bond donors (Lipinski definition) is 0. The number of methoxy groups -OCH3 is 2. The Balaban J connectivity index is 2.07. The van der Waals surface area contributed by atoms with Crippen molar-refractivity contribution in [1.29, 1.82) is 0 Å². The third-order valence-electron chi connectivity index (χ3n) is 4.16. The average Bonchev–Trinajstić information content (AvgIpc) is 2.97. The number of benzene rings is 1. The second-order valence-electron chi connectivity index (χ2n) is 5.28. The van der Waals surface area contributed by atoms with E-state index in [9.17, 15) is 14.4 Å². The summed E-state index contributed by atoms with van der Waals surface area (Å²) in [6.07, 6.45) is -0.337. The smallest absolute Gasteiger partial charge is 0.337 e. The topological polar surface area (TPSA) is 78.9 Å². The molecule has 0 N–H and O–H groups in total. The first-order valence-corrected chi connectivity index (χ1v) is 6.51. The monoisotopic (exact) mass is 290 g/mol. The second-order valence-corrected chi connectivity index (χ2v) is 5.28. The van der Waals surface area contributed by atoms with E-state index in [4.69, 9.17) is 9.47 Å². The maximum atomic E-state index is 12.2. The molecule has 6 nitrogen and oxygen atoms in total. The predicted octanol–water partition coefficient (Wildman–Crippen LogP) is 1.18. The lowest BCUT2D eigenvalue weighted by molar-refractivity contribution is -0.155. The van der Waals surface area contributed by atoms with Gasteiger partial charge in [-0.3, -0.25) is 9.59 Å². The zero-order valence-electron chi connectivity index (χ0n) is 11.7. The zero-order chi connectivity index (χ0) is 15.2. The average molecular weight is 290 g/mol. The third kappa shape index (κ3) is 1.82. The van der Waals surface area contributed by atoms with Crippen molar-refractivity contribution in [3.8, 4) is 0 Å². The molecule has 0 spiro atoms. The summed E-state index contributed by atoms with van der Waals surface area (Å²) in [5.74, 6) is -1.37. The van der Waals surface area contributed by atoms with Crippen LogP contribution in [0.5, 0.6) is 0 Å². The molecular weight excluding hydrogens is 276 g/mol. The highest BCUT2D eigenvalue weighted by molar-refractivity contribution is 5.92. The van der Waals surface area contributed by atoms with Gasteiger partial charge < -0.3 is 14.2 Å². The minimum absolute atomic E-state index is 0.00736. The summed E-state index contributed by atoms with van der Waals surface area (Å²) in [6, 6.07) is 5.02. The van der Waals surface area contributed by atoms with E-state index in [1.54, 1.807) is 18.2 Å². The summed E-state index contributed by atoms with van der Waals surface area (Å²) in [4.78, 5) is 35.4. The van der Waals surface area contributed by atoms with E-state index >= 15 is 0 Å². The summed E-state index contributed by atoms with van der Waals surface area (Å²) < 4.78 is 14.9. The van der Waals surface area contributed by atoms with Crippen LogP contribution in [0.25, 0.3) is 0 Å². The van der Waals surface area contributed by atoms with Crippen LogP contribution in [-0.2, 0) is 30.2 Å². The van der Waals surface area contributed by atoms with Crippen molar-refractivity contribution in [1.82, 2.24) is 0 Å². The standard InChI is InChI=1S/C15H14O6/c1-19-13(17)8-3-4-9-6-15(14(18)20-2)7-11(16)21-12(15)10(9)5-8/h3-5,12H,6-7H2,1-2H3/t12-,15+/m1/s1. The summed E-state index contributed by atoms with van der Waals surface area (Å²) in [5, 5.41) is 0. The van der Waals surface area contributed by atoms with Gasteiger partial charge in [0.2, 0.25) is 0 Å². The van der Waals surface area contributed by atoms with Gasteiger partial charge in [0.15, 0.2) is 0 Å². The molecule has 1 aromatic carbocycles. The lowest BCUT2D eigenvalue weighted by Crippen LogP contribution is -2.33. The normalized spacial score (nSPS) is 25.8. The van der Waals surface area contributed by atoms with Gasteiger partial charge in [0.25, 0.3) is 0 Å². The van der Waals surface area contributed by atoms with Crippen LogP contribution in [0, 0.1) is 5.41 Å². The van der Waals surface area contributed by atoms with E-state index in [1.807, 2.05) is 0 Å². The number of esters is 3. The molecule has 2 atom stereocenters. The van der Waals surface area contributed by atoms with Crippen LogP contribution in [-0.4, -0.2) is 32.1 Å². The van der Waals surface area contributed by atoms with E-state index in [1.165, 1.54) is 14.2 Å². The fourth-order valence-corrected chi connectivity index (χ4v) is 3.19. The molecule has 1 aliphatic heterocycles. The van der Waals surface area contributed by atoms with E-state index < -0.39 is 29.4 Å². The van der Waals surface area contributed by atoms with Gasteiger partial charge in [-0.15, -0.1) is 0 Å². The highest BCUT2D eigenvalue weighted by atomic mass is 16.6. The van der Waals surface area contributed by atoms with Crippen molar-refractivity contribution in [3.05, 3.63) is 34.9 Å². The molecule has 0 aromatic heterocycles. The number of carbonyl (C=O) groups excluding carboxylic acids is 3. The van der Waals surface area contributed by atoms with E-state index in [0.29, 0.717) is 17.5 Å². The van der Waals surface area contributed by atoms with E-state index in [-0.39, 0.29) is 6.42 Å². The molecule has 1 aromatic rings. The fraction of sp³-hybridized carbons (Fsp3) is 0.400. The molecule has 1 aliphatic carbocycles. The Morgan fingerprint density at radius 1 is 1.24 bits per heavy atom. The van der Waals surface area contributed by atoms with Crippen LogP contribution in [0.2, 0.25) is 0 Å². The molecule has 110 valence electrons. The van der Waals surface area contributed by atoms with Crippen LogP contribution < -0.4 is 0 Å². The number of ether oxygens (including phenoxy) is 3. The van der Waals surface area contributed by atoms with Crippen LogP contribution in [0.1, 0.15) is 34.0 Å². The lowest BCUT2D eigenvalue weighted by Gasteiger charge is -2.22. The van der Waals surface area contributed by atoms with Crippen LogP contribution in [0.3, 0.4) is 0 Å². The Bertz CT molecular complexity index is 650. The summed E-state index contributed by atoms with van der Waals surface area (Å²) in [7, 11) is 2.59. The zero-order valence-corrected chi connectivity index (χ0v) is 11.7. The summed E-state index contributed by atoms with van der Waals surface area (Å²) in [6.45, 7) is 0. The Kier molecular flexibility index (Phi) is 2.97. The van der Waals surface area contributed by atoms with E-state index in [2.05, 4.69) is 4.74 Å². The molecule has 1 saturated heterocycles. The quantitative estimate of drug-likeness (QED) is 0.601. The van der Waals surface area contributed by atoms with Crippen molar-refractivity contribution in [2.75, 3.05) is 14.2 Å². The Morgan fingerprint density at radius 3 is 2.67 bits per heavy atom. The van der Waals surface area contributed by atoms with Gasteiger partial charge in [0, 0.05) is 0 Å². The fourth-order valence-electron chi connectivity index (χ4n) is 3.19. The van der Waals surface area contributed by atoms with Gasteiger partial charge in [-0.2, -0.15) is 0 Å². The van der Waals surface area contributed by atoms with Crippen LogP contribution in [0.15, 0.2) is 18.2 Å². The van der Waals surface area contributed by atoms with Gasteiger partial charge in [-0.25, -0.2) is 4.79 Å². The SMILES string of the molecule is COC(=O)c1ccc2c(c1)[C@H]1OC(=O)C[C@@]1(C(=O)OC)C2. The molecule has 0 amide bonds. The maximum absolute atomic E-state index is 12.2. The molecule has 0 radical (unpaired) electrons. The first-order chi connectivity index (χ1) is 10.0. The number of rotatable bonds is 2. The predicted molar refractivity (Wildman–Crippen MR) is 69.4 cm³/mol. The molecule has 0 bridgehead atoms. The molecule has 2 aliphatic rings. The van der Waals surface area contributed by atoms with Crippen molar-refractivity contribution >= 4 is 17.9 Å². The first kappa shape index (κ1) is 13.6. The maximum Gasteiger partial charge on any atom is 0.337 e. The first-order valence-electron chi connectivity index (χ1n) is 6.51. The minimum atomic E-state index is -1.01. The number of carbonyl (C=O) groups is 3. The summed E-state index contributed by atoms with van der Waals surface area (Å²) >= 11 is 0. The van der Waals surface area contributed by atoms with Gasteiger partial charge in [0.05, 0.1) is 26.2 Å². The van der Waals surface area contributed by atoms with Crippen molar-refractivity contribution in [2.24, 2.45) is 5.41 Å².